The number of nitrogens with one attached hydrogen (secondary N) is 1. The van der Waals surface area contributed by atoms with E-state index in [1.54, 1.807) is 21.7 Å². The smallest absolute Gasteiger partial charge is 0.251 e. The van der Waals surface area contributed by atoms with Crippen LogP contribution in [0.15, 0.2) is 60.7 Å². The van der Waals surface area contributed by atoms with Crippen molar-refractivity contribution in [3.63, 3.8) is 0 Å². The summed E-state index contributed by atoms with van der Waals surface area (Å²) in [6.45, 7) is 3.04. The zero-order valence-corrected chi connectivity index (χ0v) is 15.6. The fourth-order valence-electron chi connectivity index (χ4n) is 3.38. The van der Waals surface area contributed by atoms with Gasteiger partial charge >= 0.3 is 0 Å². The van der Waals surface area contributed by atoms with E-state index in [0.717, 1.165) is 11.3 Å². The molecular formula is C21H21N5O2. The van der Waals surface area contributed by atoms with Crippen LogP contribution in [0, 0.1) is 0 Å². The Balaban J connectivity index is 1.50. The van der Waals surface area contributed by atoms with E-state index >= 15 is 0 Å². The van der Waals surface area contributed by atoms with Crippen LogP contribution >= 0.6 is 0 Å². The maximum Gasteiger partial charge on any atom is 0.251 e. The second-order valence-corrected chi connectivity index (χ2v) is 6.83. The number of fused-ring (bicyclic) bond motifs is 1. The molecule has 2 amide bonds. The largest absolute Gasteiger partial charge is 0.346 e. The van der Waals surface area contributed by atoms with Crippen LogP contribution in [0.2, 0.25) is 0 Å². The summed E-state index contributed by atoms with van der Waals surface area (Å²) in [5.41, 5.74) is 3.21. The Labute approximate surface area is 163 Å². The summed E-state index contributed by atoms with van der Waals surface area (Å²) < 4.78 is 1.66. The minimum atomic E-state index is -0.418. The third kappa shape index (κ3) is 3.51. The minimum absolute atomic E-state index is 0.0149. The van der Waals surface area contributed by atoms with Crippen molar-refractivity contribution in [1.82, 2.24) is 25.2 Å². The average molecular weight is 375 g/mol. The summed E-state index contributed by atoms with van der Waals surface area (Å²) in [5.74, 6) is -0.149. The quantitative estimate of drug-likeness (QED) is 0.742. The van der Waals surface area contributed by atoms with Gasteiger partial charge in [0.15, 0.2) is 0 Å². The number of rotatable bonds is 5. The highest BCUT2D eigenvalue weighted by atomic mass is 16.2. The maximum absolute atomic E-state index is 12.7. The zero-order valence-electron chi connectivity index (χ0n) is 15.6. The molecule has 1 aliphatic heterocycles. The van der Waals surface area contributed by atoms with Crippen LogP contribution in [0.1, 0.15) is 40.3 Å². The van der Waals surface area contributed by atoms with Crippen LogP contribution in [-0.2, 0) is 24.4 Å². The van der Waals surface area contributed by atoms with E-state index in [1.807, 2.05) is 55.5 Å². The van der Waals surface area contributed by atoms with Gasteiger partial charge in [0.05, 0.1) is 18.8 Å². The van der Waals surface area contributed by atoms with E-state index in [4.69, 9.17) is 0 Å². The van der Waals surface area contributed by atoms with E-state index in [-0.39, 0.29) is 18.4 Å². The van der Waals surface area contributed by atoms with Gasteiger partial charge in [-0.05, 0) is 24.6 Å². The van der Waals surface area contributed by atoms with Crippen molar-refractivity contribution >= 4 is 11.8 Å². The molecule has 1 atom stereocenters. The van der Waals surface area contributed by atoms with E-state index in [1.165, 1.54) is 0 Å². The third-order valence-corrected chi connectivity index (χ3v) is 4.92. The molecule has 0 aliphatic carbocycles. The molecule has 2 aromatic carbocycles. The van der Waals surface area contributed by atoms with Crippen LogP contribution in [-0.4, -0.2) is 31.7 Å². The number of benzene rings is 2. The third-order valence-electron chi connectivity index (χ3n) is 4.92. The summed E-state index contributed by atoms with van der Waals surface area (Å²) in [6.07, 6.45) is 0. The first-order valence-electron chi connectivity index (χ1n) is 9.22. The standard InChI is InChI=1S/C21H21N5O2/c1-15-21(28)25(13-16-8-4-2-5-9-16)14-19-18(23-24-26(15)19)12-22-20(27)17-10-6-3-7-11-17/h2-11,15H,12-14H2,1H3,(H,22,27). The lowest BCUT2D eigenvalue weighted by Gasteiger charge is -2.31. The number of nitrogens with zero attached hydrogens (tertiary/aromatic N) is 4. The Morgan fingerprint density at radius 2 is 1.79 bits per heavy atom. The van der Waals surface area contributed by atoms with Crippen molar-refractivity contribution in [3.05, 3.63) is 83.2 Å². The van der Waals surface area contributed by atoms with Crippen molar-refractivity contribution in [2.45, 2.75) is 32.6 Å². The number of hydrogen-bond donors (Lipinski definition) is 1. The van der Waals surface area contributed by atoms with Crippen molar-refractivity contribution in [2.75, 3.05) is 0 Å². The van der Waals surface area contributed by atoms with Crippen molar-refractivity contribution in [3.8, 4) is 0 Å². The molecule has 142 valence electrons. The van der Waals surface area contributed by atoms with Crippen LogP contribution in [0.3, 0.4) is 0 Å². The van der Waals surface area contributed by atoms with Crippen molar-refractivity contribution in [1.29, 1.82) is 0 Å². The van der Waals surface area contributed by atoms with E-state index in [0.29, 0.717) is 24.3 Å². The van der Waals surface area contributed by atoms with E-state index in [9.17, 15) is 9.59 Å². The van der Waals surface area contributed by atoms with Gasteiger partial charge in [0.25, 0.3) is 5.91 Å². The molecule has 0 radical (unpaired) electrons. The first-order valence-corrected chi connectivity index (χ1v) is 9.22. The molecule has 0 bridgehead atoms. The van der Waals surface area contributed by atoms with Gasteiger partial charge in [-0.2, -0.15) is 0 Å². The van der Waals surface area contributed by atoms with E-state index < -0.39 is 6.04 Å². The number of hydrogen-bond acceptors (Lipinski definition) is 4. The van der Waals surface area contributed by atoms with Crippen LogP contribution in [0.25, 0.3) is 0 Å². The number of carbonyl (C=O) groups excluding carboxylic acids is 2. The lowest BCUT2D eigenvalue weighted by molar-refractivity contribution is -0.138. The molecule has 7 heteroatoms. The zero-order chi connectivity index (χ0) is 19.5. The molecule has 0 saturated heterocycles. The molecule has 1 aliphatic rings. The van der Waals surface area contributed by atoms with Gasteiger partial charge in [0.2, 0.25) is 5.91 Å². The molecule has 4 rings (SSSR count). The first-order chi connectivity index (χ1) is 13.6. The predicted molar refractivity (Wildman–Crippen MR) is 103 cm³/mol. The number of carbonyl (C=O) groups is 2. The number of aromatic nitrogens is 3. The van der Waals surface area contributed by atoms with Gasteiger partial charge in [0.1, 0.15) is 11.7 Å². The van der Waals surface area contributed by atoms with Crippen LogP contribution < -0.4 is 5.32 Å². The van der Waals surface area contributed by atoms with Gasteiger partial charge in [-0.3, -0.25) is 9.59 Å². The highest BCUT2D eigenvalue weighted by Crippen LogP contribution is 2.24. The van der Waals surface area contributed by atoms with E-state index in [2.05, 4.69) is 15.6 Å². The highest BCUT2D eigenvalue weighted by molar-refractivity contribution is 5.94. The summed E-state index contributed by atoms with van der Waals surface area (Å²) in [6, 6.07) is 18.5. The fourth-order valence-corrected chi connectivity index (χ4v) is 3.38. The Morgan fingerprint density at radius 1 is 1.11 bits per heavy atom. The second-order valence-electron chi connectivity index (χ2n) is 6.83. The molecule has 28 heavy (non-hydrogen) atoms. The topological polar surface area (TPSA) is 80.1 Å². The lowest BCUT2D eigenvalue weighted by Crippen LogP contribution is -2.41. The molecular weight excluding hydrogens is 354 g/mol. The Bertz CT molecular complexity index is 985. The molecule has 1 unspecified atom stereocenters. The molecule has 1 aromatic heterocycles. The molecule has 7 nitrogen and oxygen atoms in total. The molecule has 0 spiro atoms. The van der Waals surface area contributed by atoms with Gasteiger partial charge in [-0.1, -0.05) is 53.7 Å². The average Bonchev–Trinajstić information content (AvgIpc) is 3.14. The lowest BCUT2D eigenvalue weighted by atomic mass is 10.1. The fraction of sp³-hybridized carbons (Fsp3) is 0.238. The molecule has 0 fully saturated rings. The Morgan fingerprint density at radius 3 is 2.50 bits per heavy atom. The van der Waals surface area contributed by atoms with Crippen LogP contribution in [0.5, 0.6) is 0 Å². The SMILES string of the molecule is CC1C(=O)N(Cc2ccccc2)Cc2c(CNC(=O)c3ccccc3)nnn21. The Kier molecular flexibility index (Phi) is 4.89. The molecule has 3 aromatic rings. The summed E-state index contributed by atoms with van der Waals surface area (Å²) in [7, 11) is 0. The second kappa shape index (κ2) is 7.64. The van der Waals surface area contributed by atoms with Crippen LogP contribution in [0.4, 0.5) is 0 Å². The van der Waals surface area contributed by atoms with Gasteiger partial charge < -0.3 is 10.2 Å². The molecule has 0 saturated carbocycles. The normalized spacial score (nSPS) is 16.0. The van der Waals surface area contributed by atoms with Gasteiger partial charge in [-0.25, -0.2) is 4.68 Å². The summed E-state index contributed by atoms with van der Waals surface area (Å²) in [5, 5.41) is 11.2. The molecule has 2 heterocycles. The first kappa shape index (κ1) is 17.9. The van der Waals surface area contributed by atoms with Gasteiger partial charge in [-0.15, -0.1) is 5.10 Å². The summed E-state index contributed by atoms with van der Waals surface area (Å²) in [4.78, 5) is 26.8. The summed E-state index contributed by atoms with van der Waals surface area (Å²) >= 11 is 0. The van der Waals surface area contributed by atoms with Gasteiger partial charge in [0, 0.05) is 12.1 Å². The van der Waals surface area contributed by atoms with Crippen molar-refractivity contribution in [2.24, 2.45) is 0 Å². The highest BCUT2D eigenvalue weighted by Gasteiger charge is 2.33. The minimum Gasteiger partial charge on any atom is -0.346 e. The monoisotopic (exact) mass is 375 g/mol. The predicted octanol–water partition coefficient (Wildman–Crippen LogP) is 2.31. The Hall–Kier alpha value is -3.48. The number of amides is 2. The molecule has 1 N–H and O–H groups in total. The van der Waals surface area contributed by atoms with Crippen molar-refractivity contribution < 1.29 is 9.59 Å². The maximum atomic E-state index is 12.7.